The van der Waals surface area contributed by atoms with Crippen molar-refractivity contribution >= 4 is 0 Å². The molecular formula is C15H24N2. The van der Waals surface area contributed by atoms with Gasteiger partial charge in [0.2, 0.25) is 0 Å². The summed E-state index contributed by atoms with van der Waals surface area (Å²) in [5, 5.41) is 3.42. The Bertz CT molecular complexity index is 310. The van der Waals surface area contributed by atoms with Crippen LogP contribution in [0, 0.1) is 5.92 Å². The Kier molecular flexibility index (Phi) is 5.02. The smallest absolute Gasteiger partial charge is 0.0233 e. The molecule has 1 aliphatic heterocycles. The number of hydrogen-bond acceptors (Lipinski definition) is 2. The first-order chi connectivity index (χ1) is 8.38. The Balaban J connectivity index is 1.71. The van der Waals surface area contributed by atoms with Gasteiger partial charge in [-0.15, -0.1) is 0 Å². The van der Waals surface area contributed by atoms with E-state index in [1.807, 2.05) is 0 Å². The molecule has 0 unspecified atom stereocenters. The van der Waals surface area contributed by atoms with Crippen LogP contribution in [0.25, 0.3) is 0 Å². The van der Waals surface area contributed by atoms with Crippen LogP contribution >= 0.6 is 0 Å². The van der Waals surface area contributed by atoms with Crippen molar-refractivity contribution < 1.29 is 0 Å². The maximum absolute atomic E-state index is 3.42. The van der Waals surface area contributed by atoms with E-state index in [1.54, 1.807) is 0 Å². The molecule has 1 N–H and O–H groups in total. The van der Waals surface area contributed by atoms with Gasteiger partial charge in [-0.1, -0.05) is 37.3 Å². The zero-order valence-corrected chi connectivity index (χ0v) is 10.9. The minimum absolute atomic E-state index is 0.901. The summed E-state index contributed by atoms with van der Waals surface area (Å²) in [6.07, 6.45) is 2.71. The molecule has 0 aromatic heterocycles. The topological polar surface area (TPSA) is 15.3 Å². The van der Waals surface area contributed by atoms with Gasteiger partial charge in [0, 0.05) is 13.1 Å². The minimum atomic E-state index is 0.901. The van der Waals surface area contributed by atoms with E-state index in [2.05, 4.69) is 47.5 Å². The van der Waals surface area contributed by atoms with Crippen molar-refractivity contribution in [2.24, 2.45) is 5.92 Å². The largest absolute Gasteiger partial charge is 0.317 e. The molecule has 1 aromatic carbocycles. The fraction of sp³-hybridized carbons (Fsp3) is 0.600. The molecule has 1 heterocycles. The highest BCUT2D eigenvalue weighted by atomic mass is 15.1. The summed E-state index contributed by atoms with van der Waals surface area (Å²) in [6, 6.07) is 10.8. The van der Waals surface area contributed by atoms with Crippen molar-refractivity contribution in [3.05, 3.63) is 35.9 Å². The number of likely N-dealkylation sites (tertiary alicyclic amines) is 1. The minimum Gasteiger partial charge on any atom is -0.317 e. The molecule has 0 radical (unpaired) electrons. The van der Waals surface area contributed by atoms with Crippen LogP contribution in [0.2, 0.25) is 0 Å². The van der Waals surface area contributed by atoms with Gasteiger partial charge in [0.15, 0.2) is 0 Å². The van der Waals surface area contributed by atoms with Crippen molar-refractivity contribution in [1.82, 2.24) is 10.2 Å². The lowest BCUT2D eigenvalue weighted by atomic mass is 10.1. The van der Waals surface area contributed by atoms with Crippen molar-refractivity contribution in [1.29, 1.82) is 0 Å². The van der Waals surface area contributed by atoms with E-state index < -0.39 is 0 Å². The average molecular weight is 232 g/mol. The Morgan fingerprint density at radius 3 is 2.88 bits per heavy atom. The molecule has 0 amide bonds. The number of hydrogen-bond donors (Lipinski definition) is 1. The van der Waals surface area contributed by atoms with Crippen LogP contribution in [-0.4, -0.2) is 31.1 Å². The molecular weight excluding hydrogens is 208 g/mol. The number of nitrogens with zero attached hydrogens (tertiary/aromatic N) is 1. The lowest BCUT2D eigenvalue weighted by Gasteiger charge is -2.16. The average Bonchev–Trinajstić information content (AvgIpc) is 2.79. The molecule has 1 aromatic rings. The molecule has 17 heavy (non-hydrogen) atoms. The first kappa shape index (κ1) is 12.6. The molecule has 2 heteroatoms. The van der Waals surface area contributed by atoms with Crippen LogP contribution in [0.5, 0.6) is 0 Å². The molecule has 1 aliphatic rings. The van der Waals surface area contributed by atoms with Crippen LogP contribution < -0.4 is 5.32 Å². The highest BCUT2D eigenvalue weighted by molar-refractivity contribution is 5.14. The summed E-state index contributed by atoms with van der Waals surface area (Å²) >= 11 is 0. The summed E-state index contributed by atoms with van der Waals surface area (Å²) < 4.78 is 0. The van der Waals surface area contributed by atoms with Crippen LogP contribution in [0.15, 0.2) is 30.3 Å². The maximum Gasteiger partial charge on any atom is 0.0233 e. The third kappa shape index (κ3) is 4.14. The molecule has 0 aliphatic carbocycles. The Morgan fingerprint density at radius 2 is 2.12 bits per heavy atom. The second-order valence-corrected chi connectivity index (χ2v) is 5.02. The molecule has 2 rings (SSSR count). The van der Waals surface area contributed by atoms with Gasteiger partial charge in [0.1, 0.15) is 0 Å². The first-order valence-electron chi connectivity index (χ1n) is 6.85. The number of rotatable bonds is 6. The van der Waals surface area contributed by atoms with E-state index in [9.17, 15) is 0 Å². The van der Waals surface area contributed by atoms with E-state index in [0.29, 0.717) is 0 Å². The third-order valence-electron chi connectivity index (χ3n) is 3.60. The van der Waals surface area contributed by atoms with Crippen molar-refractivity contribution in [3.63, 3.8) is 0 Å². The SMILES string of the molecule is CCNCC[C@H]1CCN(Cc2ccccc2)C1. The van der Waals surface area contributed by atoms with Gasteiger partial charge in [-0.05, 0) is 44.0 Å². The third-order valence-corrected chi connectivity index (χ3v) is 3.60. The second-order valence-electron chi connectivity index (χ2n) is 5.02. The Morgan fingerprint density at radius 1 is 1.29 bits per heavy atom. The number of benzene rings is 1. The Hall–Kier alpha value is -0.860. The quantitative estimate of drug-likeness (QED) is 0.758. The Labute approximate surface area is 105 Å². The summed E-state index contributed by atoms with van der Waals surface area (Å²) in [6.45, 7) is 8.13. The lowest BCUT2D eigenvalue weighted by Crippen LogP contribution is -2.22. The molecule has 0 bridgehead atoms. The van der Waals surface area contributed by atoms with Crippen LogP contribution in [0.3, 0.4) is 0 Å². The van der Waals surface area contributed by atoms with Gasteiger partial charge >= 0.3 is 0 Å². The highest BCUT2D eigenvalue weighted by Crippen LogP contribution is 2.20. The molecule has 94 valence electrons. The molecule has 1 atom stereocenters. The monoisotopic (exact) mass is 232 g/mol. The van der Waals surface area contributed by atoms with Gasteiger partial charge in [-0.3, -0.25) is 4.90 Å². The van der Waals surface area contributed by atoms with Crippen molar-refractivity contribution in [2.45, 2.75) is 26.3 Å². The molecule has 0 spiro atoms. The predicted molar refractivity (Wildman–Crippen MR) is 73.0 cm³/mol. The maximum atomic E-state index is 3.42. The van der Waals surface area contributed by atoms with Gasteiger partial charge in [-0.25, -0.2) is 0 Å². The van der Waals surface area contributed by atoms with Gasteiger partial charge in [0.25, 0.3) is 0 Å². The predicted octanol–water partition coefficient (Wildman–Crippen LogP) is 2.51. The fourth-order valence-electron chi connectivity index (χ4n) is 2.62. The lowest BCUT2D eigenvalue weighted by molar-refractivity contribution is 0.312. The highest BCUT2D eigenvalue weighted by Gasteiger charge is 2.21. The van der Waals surface area contributed by atoms with E-state index in [0.717, 1.165) is 19.0 Å². The summed E-state index contributed by atoms with van der Waals surface area (Å²) in [4.78, 5) is 2.59. The normalized spacial score (nSPS) is 20.9. The van der Waals surface area contributed by atoms with Crippen molar-refractivity contribution in [3.8, 4) is 0 Å². The van der Waals surface area contributed by atoms with Crippen LogP contribution in [-0.2, 0) is 6.54 Å². The van der Waals surface area contributed by atoms with E-state index >= 15 is 0 Å². The van der Waals surface area contributed by atoms with Crippen LogP contribution in [0.1, 0.15) is 25.3 Å². The summed E-state index contributed by atoms with van der Waals surface area (Å²) in [5.74, 6) is 0.901. The summed E-state index contributed by atoms with van der Waals surface area (Å²) in [5.41, 5.74) is 1.44. The van der Waals surface area contributed by atoms with E-state index in [-0.39, 0.29) is 0 Å². The standard InChI is InChI=1S/C15H24N2/c1-2-16-10-8-15-9-11-17(13-15)12-14-6-4-3-5-7-14/h3-7,15-16H,2,8-13H2,1H3/t15-/m0/s1. The fourth-order valence-corrected chi connectivity index (χ4v) is 2.62. The van der Waals surface area contributed by atoms with E-state index in [1.165, 1.54) is 38.0 Å². The van der Waals surface area contributed by atoms with Gasteiger partial charge in [-0.2, -0.15) is 0 Å². The van der Waals surface area contributed by atoms with Gasteiger partial charge < -0.3 is 5.32 Å². The van der Waals surface area contributed by atoms with Crippen molar-refractivity contribution in [2.75, 3.05) is 26.2 Å². The molecule has 1 saturated heterocycles. The first-order valence-corrected chi connectivity index (χ1v) is 6.85. The molecule has 0 saturated carbocycles. The van der Waals surface area contributed by atoms with Crippen LogP contribution in [0.4, 0.5) is 0 Å². The zero-order valence-electron chi connectivity index (χ0n) is 10.9. The second kappa shape index (κ2) is 6.77. The number of nitrogens with one attached hydrogen (secondary N) is 1. The van der Waals surface area contributed by atoms with Gasteiger partial charge in [0.05, 0.1) is 0 Å². The molecule has 2 nitrogen and oxygen atoms in total. The zero-order chi connectivity index (χ0) is 11.9. The summed E-state index contributed by atoms with van der Waals surface area (Å²) in [7, 11) is 0. The molecule has 1 fully saturated rings. The van der Waals surface area contributed by atoms with E-state index in [4.69, 9.17) is 0 Å².